The molecule has 0 atom stereocenters. The summed E-state index contributed by atoms with van der Waals surface area (Å²) in [6.45, 7) is -0.740. The van der Waals surface area contributed by atoms with Crippen molar-refractivity contribution < 1.29 is 36.2 Å². The van der Waals surface area contributed by atoms with Crippen LogP contribution >= 0.6 is 0 Å². The highest BCUT2D eigenvalue weighted by Gasteiger charge is 2.64. The molecular formula is C16H11F5O3. The average Bonchev–Trinajstić information content (AvgIpc) is 2.53. The zero-order chi connectivity index (χ0) is 17.8. The van der Waals surface area contributed by atoms with Gasteiger partial charge in [-0.05, 0) is 29.8 Å². The first-order chi connectivity index (χ1) is 11.2. The van der Waals surface area contributed by atoms with Gasteiger partial charge in [0.15, 0.2) is 0 Å². The lowest BCUT2D eigenvalue weighted by molar-refractivity contribution is -0.281. The van der Waals surface area contributed by atoms with Crippen LogP contribution in [0.25, 0.3) is 0 Å². The smallest absolute Gasteiger partial charge is 0.457 e. The Morgan fingerprint density at radius 1 is 0.875 bits per heavy atom. The van der Waals surface area contributed by atoms with Gasteiger partial charge >= 0.3 is 18.1 Å². The molecule has 2 rings (SSSR count). The molecule has 0 aliphatic rings. The minimum absolute atomic E-state index is 0.203. The zero-order valence-corrected chi connectivity index (χ0v) is 12.0. The van der Waals surface area contributed by atoms with Crippen molar-refractivity contribution in [2.75, 3.05) is 0 Å². The van der Waals surface area contributed by atoms with Crippen molar-refractivity contribution in [1.29, 1.82) is 0 Å². The van der Waals surface area contributed by atoms with Crippen molar-refractivity contribution in [3.8, 4) is 11.5 Å². The Balaban J connectivity index is 2.01. The third-order valence-corrected chi connectivity index (χ3v) is 2.86. The van der Waals surface area contributed by atoms with Crippen LogP contribution in [0.1, 0.15) is 5.56 Å². The second kappa shape index (κ2) is 6.86. The predicted molar refractivity (Wildman–Crippen MR) is 73.8 cm³/mol. The predicted octanol–water partition coefficient (Wildman–Crippen LogP) is 4.72. The molecule has 0 radical (unpaired) electrons. The van der Waals surface area contributed by atoms with Crippen LogP contribution < -0.4 is 4.74 Å². The van der Waals surface area contributed by atoms with Gasteiger partial charge in [0.05, 0.1) is 0 Å². The van der Waals surface area contributed by atoms with Crippen LogP contribution in [0.5, 0.6) is 11.5 Å². The minimum Gasteiger partial charge on any atom is -0.457 e. The van der Waals surface area contributed by atoms with Crippen molar-refractivity contribution in [1.82, 2.24) is 0 Å². The number of hydrogen-bond acceptors (Lipinski definition) is 3. The summed E-state index contributed by atoms with van der Waals surface area (Å²) in [4.78, 5) is 10.9. The molecule has 24 heavy (non-hydrogen) atoms. The number of ether oxygens (including phenoxy) is 2. The lowest BCUT2D eigenvalue weighted by atomic mass is 10.2. The third-order valence-electron chi connectivity index (χ3n) is 2.86. The lowest BCUT2D eigenvalue weighted by Gasteiger charge is -2.17. The summed E-state index contributed by atoms with van der Waals surface area (Å²) >= 11 is 0. The van der Waals surface area contributed by atoms with Crippen molar-refractivity contribution in [2.24, 2.45) is 0 Å². The van der Waals surface area contributed by atoms with Crippen molar-refractivity contribution in [3.05, 3.63) is 60.2 Å². The van der Waals surface area contributed by atoms with Crippen LogP contribution in [0.15, 0.2) is 54.6 Å². The van der Waals surface area contributed by atoms with Crippen LogP contribution in [0.4, 0.5) is 22.0 Å². The van der Waals surface area contributed by atoms with Gasteiger partial charge in [0.1, 0.15) is 18.1 Å². The largest absolute Gasteiger partial charge is 0.465 e. The second-order valence-corrected chi connectivity index (χ2v) is 4.71. The topological polar surface area (TPSA) is 35.5 Å². The minimum atomic E-state index is -6.00. The van der Waals surface area contributed by atoms with E-state index in [0.29, 0.717) is 11.5 Å². The van der Waals surface area contributed by atoms with E-state index >= 15 is 0 Å². The van der Waals surface area contributed by atoms with Gasteiger partial charge in [0, 0.05) is 0 Å². The van der Waals surface area contributed by atoms with E-state index in [2.05, 4.69) is 4.74 Å². The highest BCUT2D eigenvalue weighted by molar-refractivity contribution is 5.78. The maximum atomic E-state index is 12.8. The Morgan fingerprint density at radius 2 is 1.50 bits per heavy atom. The fourth-order valence-corrected chi connectivity index (χ4v) is 1.68. The van der Waals surface area contributed by atoms with E-state index in [1.54, 1.807) is 36.4 Å². The molecule has 2 aromatic rings. The van der Waals surface area contributed by atoms with E-state index in [1.165, 1.54) is 18.2 Å². The SMILES string of the molecule is O=C(OCc1cccc(Oc2ccccc2)c1)C(F)(F)C(F)(F)F. The molecule has 2 aromatic carbocycles. The molecular weight excluding hydrogens is 335 g/mol. The summed E-state index contributed by atoms with van der Waals surface area (Å²) in [5, 5.41) is 0. The summed E-state index contributed by atoms with van der Waals surface area (Å²) in [5.41, 5.74) is 0.203. The van der Waals surface area contributed by atoms with Crippen LogP contribution in [0.3, 0.4) is 0 Å². The summed E-state index contributed by atoms with van der Waals surface area (Å²) < 4.78 is 71.2. The molecule has 0 aliphatic heterocycles. The molecule has 0 N–H and O–H groups in total. The number of rotatable bonds is 5. The van der Waals surface area contributed by atoms with Crippen LogP contribution in [0, 0.1) is 0 Å². The van der Waals surface area contributed by atoms with E-state index < -0.39 is 24.7 Å². The number of hydrogen-bond donors (Lipinski definition) is 0. The van der Waals surface area contributed by atoms with Crippen LogP contribution in [-0.4, -0.2) is 18.1 Å². The van der Waals surface area contributed by atoms with Crippen molar-refractivity contribution in [2.45, 2.75) is 18.7 Å². The Labute approximate surface area is 133 Å². The van der Waals surface area contributed by atoms with Crippen LogP contribution in [0.2, 0.25) is 0 Å². The zero-order valence-electron chi connectivity index (χ0n) is 12.0. The van der Waals surface area contributed by atoms with Gasteiger partial charge in [0.2, 0.25) is 0 Å². The Kier molecular flexibility index (Phi) is 5.06. The lowest BCUT2D eigenvalue weighted by Crippen LogP contribution is -2.45. The van der Waals surface area contributed by atoms with Gasteiger partial charge in [-0.15, -0.1) is 0 Å². The number of esters is 1. The number of benzene rings is 2. The fraction of sp³-hybridized carbons (Fsp3) is 0.188. The molecule has 3 nitrogen and oxygen atoms in total. The number of para-hydroxylation sites is 1. The number of halogens is 5. The quantitative estimate of drug-likeness (QED) is 0.580. The molecule has 0 saturated carbocycles. The van der Waals surface area contributed by atoms with Gasteiger partial charge < -0.3 is 9.47 Å². The maximum absolute atomic E-state index is 12.8. The molecule has 0 heterocycles. The van der Waals surface area contributed by atoms with Crippen molar-refractivity contribution in [3.63, 3.8) is 0 Å². The van der Waals surface area contributed by atoms with E-state index in [4.69, 9.17) is 4.74 Å². The van der Waals surface area contributed by atoms with E-state index in [1.807, 2.05) is 0 Å². The van der Waals surface area contributed by atoms with E-state index in [9.17, 15) is 26.7 Å². The molecule has 0 spiro atoms. The number of carbonyl (C=O) groups excluding carboxylic acids is 1. The molecule has 8 heteroatoms. The summed E-state index contributed by atoms with van der Waals surface area (Å²) in [6, 6.07) is 14.4. The van der Waals surface area contributed by atoms with Gasteiger partial charge in [-0.2, -0.15) is 22.0 Å². The molecule has 0 amide bonds. The fourth-order valence-electron chi connectivity index (χ4n) is 1.68. The first-order valence-corrected chi connectivity index (χ1v) is 6.64. The van der Waals surface area contributed by atoms with E-state index in [0.717, 1.165) is 0 Å². The normalized spacial score (nSPS) is 11.9. The Morgan fingerprint density at radius 3 is 2.12 bits per heavy atom. The maximum Gasteiger partial charge on any atom is 0.465 e. The van der Waals surface area contributed by atoms with Gasteiger partial charge in [0.25, 0.3) is 0 Å². The van der Waals surface area contributed by atoms with Crippen molar-refractivity contribution >= 4 is 5.97 Å². The molecule has 128 valence electrons. The Bertz CT molecular complexity index is 698. The third kappa shape index (κ3) is 4.21. The highest BCUT2D eigenvalue weighted by Crippen LogP contribution is 2.36. The first kappa shape index (κ1) is 17.7. The summed E-state index contributed by atoms with van der Waals surface area (Å²) in [6.07, 6.45) is -6.00. The molecule has 0 aromatic heterocycles. The van der Waals surface area contributed by atoms with E-state index in [-0.39, 0.29) is 5.56 Å². The molecule has 0 unspecified atom stereocenters. The average molecular weight is 346 g/mol. The standard InChI is InChI=1S/C16H11F5O3/c17-15(18,16(19,20)21)14(22)23-10-11-5-4-8-13(9-11)24-12-6-2-1-3-7-12/h1-9H,10H2. The summed E-state index contributed by atoms with van der Waals surface area (Å²) in [5.74, 6) is -7.37. The molecule has 0 saturated heterocycles. The molecule has 0 fully saturated rings. The van der Waals surface area contributed by atoms with Gasteiger partial charge in [-0.1, -0.05) is 30.3 Å². The monoisotopic (exact) mass is 346 g/mol. The van der Waals surface area contributed by atoms with Gasteiger partial charge in [-0.25, -0.2) is 4.79 Å². The Hall–Kier alpha value is -2.64. The van der Waals surface area contributed by atoms with Gasteiger partial charge in [-0.3, -0.25) is 0 Å². The number of carbonyl (C=O) groups is 1. The molecule has 0 aliphatic carbocycles. The summed E-state index contributed by atoms with van der Waals surface area (Å²) in [7, 11) is 0. The number of alkyl halides is 5. The van der Waals surface area contributed by atoms with Crippen LogP contribution in [-0.2, 0) is 16.1 Å². The first-order valence-electron chi connectivity index (χ1n) is 6.64. The highest BCUT2D eigenvalue weighted by atomic mass is 19.4. The second-order valence-electron chi connectivity index (χ2n) is 4.71. The molecule has 0 bridgehead atoms.